The van der Waals surface area contributed by atoms with Crippen LogP contribution in [0.25, 0.3) is 11.1 Å². The number of hydrogen-bond donors (Lipinski definition) is 1. The minimum Gasteiger partial charge on any atom is -0.493 e. The van der Waals surface area contributed by atoms with Gasteiger partial charge in [0.25, 0.3) is 0 Å². The van der Waals surface area contributed by atoms with Gasteiger partial charge in [0.15, 0.2) is 11.5 Å². The molecule has 0 saturated heterocycles. The Morgan fingerprint density at radius 2 is 1.68 bits per heavy atom. The molecule has 2 aromatic carbocycles. The van der Waals surface area contributed by atoms with Crippen molar-refractivity contribution in [2.45, 2.75) is 13.0 Å². The number of methoxy groups -OCH3 is 2. The molecular formula is C20H26N2O3. The lowest BCUT2D eigenvalue weighted by molar-refractivity contribution is -0.128. The first-order chi connectivity index (χ1) is 12.1. The van der Waals surface area contributed by atoms with Gasteiger partial charge in [0.2, 0.25) is 5.91 Å². The Morgan fingerprint density at radius 3 is 2.28 bits per heavy atom. The predicted octanol–water partition coefficient (Wildman–Crippen LogP) is 2.94. The molecule has 2 aromatic rings. The summed E-state index contributed by atoms with van der Waals surface area (Å²) in [5.41, 5.74) is 3.30. The number of nitrogens with one attached hydrogen (secondary N) is 1. The first kappa shape index (κ1) is 18.8. The van der Waals surface area contributed by atoms with Gasteiger partial charge in [0.05, 0.1) is 14.2 Å². The highest BCUT2D eigenvalue weighted by Crippen LogP contribution is 2.35. The van der Waals surface area contributed by atoms with E-state index in [1.165, 1.54) is 0 Å². The zero-order chi connectivity index (χ0) is 18.2. The average molecular weight is 342 g/mol. The molecule has 0 unspecified atom stereocenters. The fourth-order valence-corrected chi connectivity index (χ4v) is 2.60. The first-order valence-electron chi connectivity index (χ1n) is 8.28. The third kappa shape index (κ3) is 4.97. The Balaban J connectivity index is 2.21. The molecule has 5 nitrogen and oxygen atoms in total. The van der Waals surface area contributed by atoms with Gasteiger partial charge in [-0.3, -0.25) is 4.79 Å². The van der Waals surface area contributed by atoms with Crippen molar-refractivity contribution in [1.29, 1.82) is 0 Å². The lowest BCUT2D eigenvalue weighted by atomic mass is 9.98. The summed E-state index contributed by atoms with van der Waals surface area (Å²) in [7, 11) is 6.80. The molecule has 1 N–H and O–H groups in total. The van der Waals surface area contributed by atoms with Crippen molar-refractivity contribution in [3.63, 3.8) is 0 Å². The number of benzene rings is 2. The van der Waals surface area contributed by atoms with E-state index in [9.17, 15) is 4.79 Å². The van der Waals surface area contributed by atoms with Gasteiger partial charge in [-0.15, -0.1) is 0 Å². The maximum absolute atomic E-state index is 11.7. The van der Waals surface area contributed by atoms with Crippen LogP contribution in [0.5, 0.6) is 11.5 Å². The van der Waals surface area contributed by atoms with Gasteiger partial charge in [0, 0.05) is 33.6 Å². The van der Waals surface area contributed by atoms with Crippen LogP contribution in [0.15, 0.2) is 42.5 Å². The highest BCUT2D eigenvalue weighted by atomic mass is 16.5. The van der Waals surface area contributed by atoms with Gasteiger partial charge in [-0.25, -0.2) is 0 Å². The maximum atomic E-state index is 11.7. The number of hydrogen-bond acceptors (Lipinski definition) is 4. The molecule has 25 heavy (non-hydrogen) atoms. The van der Waals surface area contributed by atoms with E-state index in [0.717, 1.165) is 16.7 Å². The van der Waals surface area contributed by atoms with Crippen molar-refractivity contribution < 1.29 is 14.3 Å². The zero-order valence-corrected chi connectivity index (χ0v) is 15.3. The second-order valence-electron chi connectivity index (χ2n) is 5.95. The van der Waals surface area contributed by atoms with Crippen LogP contribution in [0, 0.1) is 0 Å². The van der Waals surface area contributed by atoms with Crippen molar-refractivity contribution in [2.24, 2.45) is 0 Å². The van der Waals surface area contributed by atoms with E-state index >= 15 is 0 Å². The van der Waals surface area contributed by atoms with Crippen molar-refractivity contribution >= 4 is 5.91 Å². The largest absolute Gasteiger partial charge is 0.493 e. The fourth-order valence-electron chi connectivity index (χ4n) is 2.60. The third-order valence-corrected chi connectivity index (χ3v) is 4.02. The molecule has 0 radical (unpaired) electrons. The van der Waals surface area contributed by atoms with Gasteiger partial charge in [-0.05, 0) is 28.8 Å². The highest BCUT2D eigenvalue weighted by Gasteiger charge is 2.13. The lowest BCUT2D eigenvalue weighted by Crippen LogP contribution is -2.26. The van der Waals surface area contributed by atoms with E-state index in [4.69, 9.17) is 9.47 Å². The number of ether oxygens (including phenoxy) is 2. The summed E-state index contributed by atoms with van der Waals surface area (Å²) in [6, 6.07) is 14.1. The van der Waals surface area contributed by atoms with E-state index in [-0.39, 0.29) is 5.91 Å². The Bertz CT molecular complexity index is 700. The molecule has 0 aromatic heterocycles. The van der Waals surface area contributed by atoms with Crippen LogP contribution < -0.4 is 14.8 Å². The van der Waals surface area contributed by atoms with Crippen LogP contribution >= 0.6 is 0 Å². The molecule has 134 valence electrons. The standard InChI is InChI=1S/C20H26N2O3/c1-22(2)20(23)10-11-21-14-16-12-18(24-3)19(25-4)13-17(16)15-8-6-5-7-9-15/h5-9,12-13,21H,10-11,14H2,1-4H3. The molecule has 0 saturated carbocycles. The normalized spacial score (nSPS) is 10.4. The fraction of sp³-hybridized carbons (Fsp3) is 0.350. The van der Waals surface area contributed by atoms with Gasteiger partial charge < -0.3 is 19.7 Å². The SMILES string of the molecule is COc1cc(CNCCC(=O)N(C)C)c(-c2ccccc2)cc1OC. The molecule has 0 bridgehead atoms. The van der Waals surface area contributed by atoms with Crippen LogP contribution in [0.3, 0.4) is 0 Å². The number of carbonyl (C=O) groups excluding carboxylic acids is 1. The van der Waals surface area contributed by atoms with Crippen molar-refractivity contribution in [2.75, 3.05) is 34.9 Å². The number of amides is 1. The van der Waals surface area contributed by atoms with Crippen LogP contribution in [0.1, 0.15) is 12.0 Å². The van der Waals surface area contributed by atoms with Gasteiger partial charge in [-0.1, -0.05) is 30.3 Å². The maximum Gasteiger partial charge on any atom is 0.223 e. The molecule has 2 rings (SSSR count). The molecule has 5 heteroatoms. The van der Waals surface area contributed by atoms with Crippen molar-refractivity contribution in [3.8, 4) is 22.6 Å². The van der Waals surface area contributed by atoms with Crippen LogP contribution in [-0.4, -0.2) is 45.7 Å². The van der Waals surface area contributed by atoms with E-state index in [0.29, 0.717) is 31.0 Å². The van der Waals surface area contributed by atoms with E-state index in [2.05, 4.69) is 17.4 Å². The van der Waals surface area contributed by atoms with Gasteiger partial charge in [0.1, 0.15) is 0 Å². The Labute approximate surface area is 149 Å². The Morgan fingerprint density at radius 1 is 1.04 bits per heavy atom. The zero-order valence-electron chi connectivity index (χ0n) is 15.3. The summed E-state index contributed by atoms with van der Waals surface area (Å²) in [6.07, 6.45) is 0.473. The molecule has 0 aliphatic rings. The predicted molar refractivity (Wildman–Crippen MR) is 100.0 cm³/mol. The summed E-state index contributed by atoms with van der Waals surface area (Å²) in [5.74, 6) is 1.51. The van der Waals surface area contributed by atoms with Crippen LogP contribution in [0.4, 0.5) is 0 Å². The molecule has 1 amide bonds. The molecular weight excluding hydrogens is 316 g/mol. The van der Waals surface area contributed by atoms with E-state index in [1.807, 2.05) is 30.3 Å². The third-order valence-electron chi connectivity index (χ3n) is 4.02. The molecule has 0 aliphatic heterocycles. The number of carbonyl (C=O) groups is 1. The minimum absolute atomic E-state index is 0.114. The number of nitrogens with zero attached hydrogens (tertiary/aromatic N) is 1. The first-order valence-corrected chi connectivity index (χ1v) is 8.28. The topological polar surface area (TPSA) is 50.8 Å². The Kier molecular flexibility index (Phi) is 6.83. The minimum atomic E-state index is 0.114. The van der Waals surface area contributed by atoms with Crippen molar-refractivity contribution in [3.05, 3.63) is 48.0 Å². The summed E-state index contributed by atoms with van der Waals surface area (Å²) < 4.78 is 10.9. The molecule has 0 atom stereocenters. The number of rotatable bonds is 8. The van der Waals surface area contributed by atoms with E-state index in [1.54, 1.807) is 33.2 Å². The smallest absolute Gasteiger partial charge is 0.223 e. The second kappa shape index (κ2) is 9.08. The second-order valence-corrected chi connectivity index (χ2v) is 5.95. The summed E-state index contributed by atoms with van der Waals surface area (Å²) in [4.78, 5) is 13.3. The van der Waals surface area contributed by atoms with Crippen LogP contribution in [0.2, 0.25) is 0 Å². The highest BCUT2D eigenvalue weighted by molar-refractivity contribution is 5.75. The van der Waals surface area contributed by atoms with Crippen LogP contribution in [-0.2, 0) is 11.3 Å². The summed E-state index contributed by atoms with van der Waals surface area (Å²) in [5, 5.41) is 3.34. The molecule has 0 spiro atoms. The van der Waals surface area contributed by atoms with Gasteiger partial charge >= 0.3 is 0 Å². The van der Waals surface area contributed by atoms with Gasteiger partial charge in [-0.2, -0.15) is 0 Å². The van der Waals surface area contributed by atoms with Crippen molar-refractivity contribution in [1.82, 2.24) is 10.2 Å². The molecule has 0 aliphatic carbocycles. The molecule has 0 heterocycles. The molecule has 0 fully saturated rings. The monoisotopic (exact) mass is 342 g/mol. The average Bonchev–Trinajstić information content (AvgIpc) is 2.64. The quantitative estimate of drug-likeness (QED) is 0.750. The Hall–Kier alpha value is -2.53. The summed E-state index contributed by atoms with van der Waals surface area (Å²) >= 11 is 0. The summed E-state index contributed by atoms with van der Waals surface area (Å²) in [6.45, 7) is 1.27. The van der Waals surface area contributed by atoms with E-state index < -0.39 is 0 Å². The lowest BCUT2D eigenvalue weighted by Gasteiger charge is -2.16.